The second-order valence-electron chi connectivity index (χ2n) is 5.46. The SMILES string of the molecule is CCCC1CCN(C(CN)C(C)CC)CC1. The summed E-state index contributed by atoms with van der Waals surface area (Å²) >= 11 is 0. The van der Waals surface area contributed by atoms with E-state index in [4.69, 9.17) is 5.73 Å². The van der Waals surface area contributed by atoms with Crippen LogP contribution < -0.4 is 5.73 Å². The van der Waals surface area contributed by atoms with Crippen LogP contribution in [0.4, 0.5) is 0 Å². The van der Waals surface area contributed by atoms with Crippen molar-refractivity contribution in [3.05, 3.63) is 0 Å². The van der Waals surface area contributed by atoms with Crippen molar-refractivity contribution in [1.82, 2.24) is 4.90 Å². The van der Waals surface area contributed by atoms with Gasteiger partial charge in [-0.2, -0.15) is 0 Å². The van der Waals surface area contributed by atoms with Crippen LogP contribution in [0.3, 0.4) is 0 Å². The Morgan fingerprint density at radius 3 is 2.31 bits per heavy atom. The van der Waals surface area contributed by atoms with Crippen LogP contribution in [0, 0.1) is 11.8 Å². The van der Waals surface area contributed by atoms with Gasteiger partial charge in [-0.05, 0) is 37.8 Å². The smallest absolute Gasteiger partial charge is 0.0243 e. The molecule has 1 saturated heterocycles. The Morgan fingerprint density at radius 2 is 1.88 bits per heavy atom. The van der Waals surface area contributed by atoms with E-state index in [9.17, 15) is 0 Å². The predicted molar refractivity (Wildman–Crippen MR) is 71.5 cm³/mol. The fourth-order valence-corrected chi connectivity index (χ4v) is 2.99. The van der Waals surface area contributed by atoms with Crippen LogP contribution in [0.25, 0.3) is 0 Å². The lowest BCUT2D eigenvalue weighted by Crippen LogP contribution is -2.48. The topological polar surface area (TPSA) is 29.3 Å². The molecule has 1 rings (SSSR count). The van der Waals surface area contributed by atoms with E-state index in [0.717, 1.165) is 18.4 Å². The van der Waals surface area contributed by atoms with Crippen molar-refractivity contribution in [3.8, 4) is 0 Å². The van der Waals surface area contributed by atoms with Gasteiger partial charge in [0.15, 0.2) is 0 Å². The first-order valence-corrected chi connectivity index (χ1v) is 7.17. The van der Waals surface area contributed by atoms with E-state index in [1.165, 1.54) is 45.2 Å². The number of rotatable bonds is 6. The summed E-state index contributed by atoms with van der Waals surface area (Å²) in [6, 6.07) is 0.618. The van der Waals surface area contributed by atoms with Crippen LogP contribution in [0.1, 0.15) is 52.9 Å². The number of nitrogens with two attached hydrogens (primary N) is 1. The zero-order chi connectivity index (χ0) is 12.0. The molecule has 2 heteroatoms. The first-order valence-electron chi connectivity index (χ1n) is 7.17. The molecule has 1 heterocycles. The minimum Gasteiger partial charge on any atom is -0.329 e. The highest BCUT2D eigenvalue weighted by atomic mass is 15.2. The van der Waals surface area contributed by atoms with Crippen LogP contribution in [0.5, 0.6) is 0 Å². The molecule has 96 valence electrons. The molecular formula is C14H30N2. The molecule has 1 aliphatic rings. The zero-order valence-electron chi connectivity index (χ0n) is 11.4. The molecule has 0 amide bonds. The molecule has 0 saturated carbocycles. The molecule has 0 radical (unpaired) electrons. The maximum atomic E-state index is 5.93. The fraction of sp³-hybridized carbons (Fsp3) is 1.00. The van der Waals surface area contributed by atoms with E-state index < -0.39 is 0 Å². The van der Waals surface area contributed by atoms with Crippen molar-refractivity contribution >= 4 is 0 Å². The second kappa shape index (κ2) is 7.29. The van der Waals surface area contributed by atoms with Gasteiger partial charge in [-0.3, -0.25) is 4.90 Å². The highest BCUT2D eigenvalue weighted by Crippen LogP contribution is 2.25. The Labute approximate surface area is 102 Å². The summed E-state index contributed by atoms with van der Waals surface area (Å²) in [6.07, 6.45) is 6.79. The maximum Gasteiger partial charge on any atom is 0.0243 e. The molecule has 0 aromatic carbocycles. The van der Waals surface area contributed by atoms with E-state index in [0.29, 0.717) is 6.04 Å². The Bertz CT molecular complexity index is 174. The number of hydrogen-bond acceptors (Lipinski definition) is 2. The summed E-state index contributed by atoms with van der Waals surface area (Å²) in [7, 11) is 0. The molecule has 1 fully saturated rings. The van der Waals surface area contributed by atoms with Gasteiger partial charge >= 0.3 is 0 Å². The van der Waals surface area contributed by atoms with Gasteiger partial charge in [0.2, 0.25) is 0 Å². The van der Waals surface area contributed by atoms with Crippen molar-refractivity contribution in [2.75, 3.05) is 19.6 Å². The summed E-state index contributed by atoms with van der Waals surface area (Å²) in [4.78, 5) is 2.64. The van der Waals surface area contributed by atoms with Gasteiger partial charge in [0.25, 0.3) is 0 Å². The van der Waals surface area contributed by atoms with Crippen molar-refractivity contribution in [3.63, 3.8) is 0 Å². The quantitative estimate of drug-likeness (QED) is 0.754. The normalized spacial score (nSPS) is 23.2. The van der Waals surface area contributed by atoms with E-state index >= 15 is 0 Å². The lowest BCUT2D eigenvalue weighted by atomic mass is 9.89. The third kappa shape index (κ3) is 3.74. The summed E-state index contributed by atoms with van der Waals surface area (Å²) in [6.45, 7) is 10.3. The minimum atomic E-state index is 0.618. The third-order valence-corrected chi connectivity index (χ3v) is 4.36. The lowest BCUT2D eigenvalue weighted by Gasteiger charge is -2.39. The molecule has 1 aliphatic heterocycles. The van der Waals surface area contributed by atoms with Gasteiger partial charge in [0.05, 0.1) is 0 Å². The van der Waals surface area contributed by atoms with Crippen molar-refractivity contribution in [1.29, 1.82) is 0 Å². The van der Waals surface area contributed by atoms with E-state index in [-0.39, 0.29) is 0 Å². The van der Waals surface area contributed by atoms with Crippen LogP contribution in [0.2, 0.25) is 0 Å². The molecule has 2 atom stereocenters. The molecule has 0 aromatic rings. The van der Waals surface area contributed by atoms with Crippen LogP contribution in [0.15, 0.2) is 0 Å². The van der Waals surface area contributed by atoms with E-state index in [1.807, 2.05) is 0 Å². The first-order chi connectivity index (χ1) is 7.72. The number of piperidine rings is 1. The minimum absolute atomic E-state index is 0.618. The molecule has 16 heavy (non-hydrogen) atoms. The molecule has 0 spiro atoms. The summed E-state index contributed by atoms with van der Waals surface area (Å²) in [5.74, 6) is 1.73. The Hall–Kier alpha value is -0.0800. The summed E-state index contributed by atoms with van der Waals surface area (Å²) in [5, 5.41) is 0. The molecule has 2 N–H and O–H groups in total. The van der Waals surface area contributed by atoms with E-state index in [1.54, 1.807) is 0 Å². The highest BCUT2D eigenvalue weighted by molar-refractivity contribution is 4.81. The number of likely N-dealkylation sites (tertiary alicyclic amines) is 1. The second-order valence-corrected chi connectivity index (χ2v) is 5.46. The van der Waals surface area contributed by atoms with Crippen LogP contribution >= 0.6 is 0 Å². The lowest BCUT2D eigenvalue weighted by molar-refractivity contribution is 0.0994. The van der Waals surface area contributed by atoms with Gasteiger partial charge in [-0.25, -0.2) is 0 Å². The van der Waals surface area contributed by atoms with Gasteiger partial charge in [-0.1, -0.05) is 40.0 Å². The highest BCUT2D eigenvalue weighted by Gasteiger charge is 2.26. The predicted octanol–water partition coefficient (Wildman–Crippen LogP) is 2.87. The molecular weight excluding hydrogens is 196 g/mol. The molecule has 0 bridgehead atoms. The fourth-order valence-electron chi connectivity index (χ4n) is 2.99. The van der Waals surface area contributed by atoms with Gasteiger partial charge in [-0.15, -0.1) is 0 Å². The molecule has 2 unspecified atom stereocenters. The molecule has 0 aromatic heterocycles. The average molecular weight is 226 g/mol. The monoisotopic (exact) mass is 226 g/mol. The van der Waals surface area contributed by atoms with Crippen LogP contribution in [-0.2, 0) is 0 Å². The summed E-state index contributed by atoms with van der Waals surface area (Å²) < 4.78 is 0. The Morgan fingerprint density at radius 1 is 1.25 bits per heavy atom. The summed E-state index contributed by atoms with van der Waals surface area (Å²) in [5.41, 5.74) is 5.93. The van der Waals surface area contributed by atoms with Crippen molar-refractivity contribution in [2.24, 2.45) is 17.6 Å². The third-order valence-electron chi connectivity index (χ3n) is 4.36. The Balaban J connectivity index is 2.38. The van der Waals surface area contributed by atoms with Gasteiger partial charge in [0, 0.05) is 12.6 Å². The van der Waals surface area contributed by atoms with Gasteiger partial charge < -0.3 is 5.73 Å². The molecule has 2 nitrogen and oxygen atoms in total. The van der Waals surface area contributed by atoms with Crippen molar-refractivity contribution in [2.45, 2.75) is 58.9 Å². The number of nitrogens with zero attached hydrogens (tertiary/aromatic N) is 1. The van der Waals surface area contributed by atoms with Crippen LogP contribution in [-0.4, -0.2) is 30.6 Å². The molecule has 0 aliphatic carbocycles. The average Bonchev–Trinajstić information content (AvgIpc) is 2.32. The number of hydrogen-bond donors (Lipinski definition) is 1. The Kier molecular flexibility index (Phi) is 6.37. The first kappa shape index (κ1) is 14.0. The van der Waals surface area contributed by atoms with E-state index in [2.05, 4.69) is 25.7 Å². The largest absolute Gasteiger partial charge is 0.329 e. The van der Waals surface area contributed by atoms with Gasteiger partial charge in [0.1, 0.15) is 0 Å². The maximum absolute atomic E-state index is 5.93. The van der Waals surface area contributed by atoms with Crippen molar-refractivity contribution < 1.29 is 0 Å². The zero-order valence-corrected chi connectivity index (χ0v) is 11.4. The standard InChI is InChI=1S/C14H30N2/c1-4-6-13-7-9-16(10-8-13)14(11-15)12(3)5-2/h12-14H,4-11,15H2,1-3H3.